The van der Waals surface area contributed by atoms with Gasteiger partial charge in [0.1, 0.15) is 11.3 Å². The molecule has 0 unspecified atom stereocenters. The Morgan fingerprint density at radius 3 is 2.46 bits per heavy atom. The highest BCUT2D eigenvalue weighted by Crippen LogP contribution is 2.27. The van der Waals surface area contributed by atoms with Crippen LogP contribution < -0.4 is 10.9 Å². The van der Waals surface area contributed by atoms with Crippen LogP contribution in [-0.4, -0.2) is 15.6 Å². The monoisotopic (exact) mass is 378 g/mol. The molecule has 0 spiro atoms. The SMILES string of the molecule is CCCCCn1c(=O)c(C(=O)N[C@H](C)c2ccccc2)c(O)c2ccccc21. The average Bonchev–Trinajstić information content (AvgIpc) is 2.71. The minimum Gasteiger partial charge on any atom is -0.506 e. The minimum atomic E-state index is -0.561. The van der Waals surface area contributed by atoms with Gasteiger partial charge in [-0.3, -0.25) is 9.59 Å². The number of hydrogen-bond acceptors (Lipinski definition) is 3. The largest absolute Gasteiger partial charge is 0.506 e. The highest BCUT2D eigenvalue weighted by molar-refractivity contribution is 6.02. The molecule has 1 heterocycles. The number of amides is 1. The van der Waals surface area contributed by atoms with E-state index in [1.807, 2.05) is 43.3 Å². The lowest BCUT2D eigenvalue weighted by Crippen LogP contribution is -2.34. The minimum absolute atomic E-state index is 0.196. The maximum Gasteiger partial charge on any atom is 0.267 e. The first-order chi connectivity index (χ1) is 13.5. The quantitative estimate of drug-likeness (QED) is 0.599. The van der Waals surface area contributed by atoms with E-state index in [0.29, 0.717) is 17.4 Å². The Morgan fingerprint density at radius 2 is 1.75 bits per heavy atom. The molecular weight excluding hydrogens is 352 g/mol. The number of aromatic hydroxyl groups is 1. The molecule has 3 rings (SSSR count). The Labute approximate surface area is 164 Å². The van der Waals surface area contributed by atoms with Crippen molar-refractivity contribution in [3.8, 4) is 5.75 Å². The van der Waals surface area contributed by atoms with E-state index in [-0.39, 0.29) is 17.4 Å². The summed E-state index contributed by atoms with van der Waals surface area (Å²) in [5.41, 5.74) is 0.927. The van der Waals surface area contributed by atoms with Gasteiger partial charge in [0.05, 0.1) is 11.6 Å². The first-order valence-electron chi connectivity index (χ1n) is 9.75. The third-order valence-electron chi connectivity index (χ3n) is 5.01. The number of rotatable bonds is 7. The van der Waals surface area contributed by atoms with Gasteiger partial charge in [-0.05, 0) is 31.0 Å². The summed E-state index contributed by atoms with van der Waals surface area (Å²) < 4.78 is 1.60. The van der Waals surface area contributed by atoms with Gasteiger partial charge in [-0.25, -0.2) is 0 Å². The highest BCUT2D eigenvalue weighted by atomic mass is 16.3. The van der Waals surface area contributed by atoms with Gasteiger partial charge in [0.2, 0.25) is 0 Å². The number of nitrogens with zero attached hydrogens (tertiary/aromatic N) is 1. The van der Waals surface area contributed by atoms with Crippen molar-refractivity contribution in [1.29, 1.82) is 0 Å². The molecule has 0 saturated carbocycles. The van der Waals surface area contributed by atoms with E-state index in [1.54, 1.807) is 22.8 Å². The predicted octanol–water partition coefficient (Wildman–Crippen LogP) is 4.39. The van der Waals surface area contributed by atoms with Gasteiger partial charge in [-0.15, -0.1) is 0 Å². The van der Waals surface area contributed by atoms with Crippen molar-refractivity contribution < 1.29 is 9.90 Å². The van der Waals surface area contributed by atoms with Crippen molar-refractivity contribution in [3.05, 3.63) is 76.1 Å². The smallest absolute Gasteiger partial charge is 0.267 e. The first-order valence-corrected chi connectivity index (χ1v) is 9.75. The van der Waals surface area contributed by atoms with Crippen molar-refractivity contribution in [2.45, 2.75) is 45.7 Å². The maximum absolute atomic E-state index is 13.1. The standard InChI is InChI=1S/C23H26N2O3/c1-3-4-10-15-25-19-14-9-8-13-18(19)21(26)20(23(25)28)22(27)24-16(2)17-11-6-5-7-12-17/h5-9,11-14,16,26H,3-4,10,15H2,1-2H3,(H,24,27)/t16-/m1/s1. The zero-order valence-corrected chi connectivity index (χ0v) is 16.3. The van der Waals surface area contributed by atoms with Gasteiger partial charge in [-0.1, -0.05) is 62.2 Å². The molecule has 1 atom stereocenters. The van der Waals surface area contributed by atoms with Gasteiger partial charge >= 0.3 is 0 Å². The lowest BCUT2D eigenvalue weighted by molar-refractivity contribution is 0.0935. The van der Waals surface area contributed by atoms with Crippen molar-refractivity contribution in [2.75, 3.05) is 0 Å². The Bertz CT molecular complexity index is 1030. The van der Waals surface area contributed by atoms with E-state index < -0.39 is 11.5 Å². The van der Waals surface area contributed by atoms with Crippen LogP contribution >= 0.6 is 0 Å². The molecule has 1 aromatic heterocycles. The van der Waals surface area contributed by atoms with E-state index in [9.17, 15) is 14.7 Å². The molecule has 146 valence electrons. The van der Waals surface area contributed by atoms with Crippen molar-refractivity contribution in [1.82, 2.24) is 9.88 Å². The second-order valence-electron chi connectivity index (χ2n) is 7.01. The van der Waals surface area contributed by atoms with E-state index in [0.717, 1.165) is 24.8 Å². The van der Waals surface area contributed by atoms with Gasteiger partial charge in [0.25, 0.3) is 11.5 Å². The summed E-state index contributed by atoms with van der Waals surface area (Å²) in [7, 11) is 0. The lowest BCUT2D eigenvalue weighted by Gasteiger charge is -2.17. The maximum atomic E-state index is 13.1. The molecule has 5 heteroatoms. The van der Waals surface area contributed by atoms with Crippen LogP contribution in [0.2, 0.25) is 0 Å². The van der Waals surface area contributed by atoms with Crippen LogP contribution in [0, 0.1) is 0 Å². The number of aryl methyl sites for hydroxylation is 1. The molecular formula is C23H26N2O3. The zero-order valence-electron chi connectivity index (χ0n) is 16.3. The van der Waals surface area contributed by atoms with Crippen LogP contribution in [0.15, 0.2) is 59.4 Å². The van der Waals surface area contributed by atoms with E-state index >= 15 is 0 Å². The third-order valence-corrected chi connectivity index (χ3v) is 5.01. The van der Waals surface area contributed by atoms with Crippen LogP contribution in [0.1, 0.15) is 55.1 Å². The van der Waals surface area contributed by atoms with Crippen LogP contribution in [0.3, 0.4) is 0 Å². The third kappa shape index (κ3) is 3.93. The molecule has 0 aliphatic carbocycles. The Balaban J connectivity index is 2.02. The summed E-state index contributed by atoms with van der Waals surface area (Å²) in [6, 6.07) is 16.4. The molecule has 5 nitrogen and oxygen atoms in total. The fourth-order valence-corrected chi connectivity index (χ4v) is 3.43. The number of carbonyl (C=O) groups is 1. The van der Waals surface area contributed by atoms with Crippen molar-refractivity contribution >= 4 is 16.8 Å². The molecule has 2 aromatic carbocycles. The van der Waals surface area contributed by atoms with E-state index in [1.165, 1.54) is 0 Å². The Hall–Kier alpha value is -3.08. The van der Waals surface area contributed by atoms with Gasteiger partial charge in [0, 0.05) is 11.9 Å². The second kappa shape index (κ2) is 8.74. The van der Waals surface area contributed by atoms with Gasteiger partial charge in [-0.2, -0.15) is 0 Å². The molecule has 1 amide bonds. The molecule has 0 radical (unpaired) electrons. The van der Waals surface area contributed by atoms with Crippen molar-refractivity contribution in [3.63, 3.8) is 0 Å². The summed E-state index contributed by atoms with van der Waals surface area (Å²) in [6.45, 7) is 4.47. The fraction of sp³-hybridized carbons (Fsp3) is 0.304. The van der Waals surface area contributed by atoms with Crippen LogP contribution in [-0.2, 0) is 6.54 Å². The number of hydrogen-bond donors (Lipinski definition) is 2. The lowest BCUT2D eigenvalue weighted by atomic mass is 10.1. The van der Waals surface area contributed by atoms with Gasteiger partial charge in [0.15, 0.2) is 0 Å². The molecule has 0 saturated heterocycles. The highest BCUT2D eigenvalue weighted by Gasteiger charge is 2.23. The molecule has 0 aliphatic heterocycles. The van der Waals surface area contributed by atoms with Crippen molar-refractivity contribution in [2.24, 2.45) is 0 Å². The summed E-state index contributed by atoms with van der Waals surface area (Å²) >= 11 is 0. The second-order valence-corrected chi connectivity index (χ2v) is 7.01. The molecule has 28 heavy (non-hydrogen) atoms. The number of para-hydroxylation sites is 1. The molecule has 0 aliphatic rings. The summed E-state index contributed by atoms with van der Waals surface area (Å²) in [4.78, 5) is 26.0. The van der Waals surface area contributed by atoms with Crippen LogP contribution in [0.25, 0.3) is 10.9 Å². The van der Waals surface area contributed by atoms with Crippen LogP contribution in [0.4, 0.5) is 0 Å². The number of aromatic nitrogens is 1. The Kier molecular flexibility index (Phi) is 6.14. The number of benzene rings is 2. The first kappa shape index (κ1) is 19.7. The number of fused-ring (bicyclic) bond motifs is 1. The summed E-state index contributed by atoms with van der Waals surface area (Å²) in [5, 5.41) is 14.1. The van der Waals surface area contributed by atoms with E-state index in [4.69, 9.17) is 0 Å². The zero-order chi connectivity index (χ0) is 20.1. The molecule has 3 aromatic rings. The normalized spacial score (nSPS) is 12.1. The predicted molar refractivity (Wildman–Crippen MR) is 112 cm³/mol. The van der Waals surface area contributed by atoms with E-state index in [2.05, 4.69) is 12.2 Å². The number of nitrogens with one attached hydrogen (secondary N) is 1. The molecule has 0 bridgehead atoms. The molecule has 0 fully saturated rings. The van der Waals surface area contributed by atoms with Gasteiger partial charge < -0.3 is 15.0 Å². The number of unbranched alkanes of at least 4 members (excludes halogenated alkanes) is 2. The Morgan fingerprint density at radius 1 is 1.07 bits per heavy atom. The average molecular weight is 378 g/mol. The fourth-order valence-electron chi connectivity index (χ4n) is 3.43. The topological polar surface area (TPSA) is 71.3 Å². The summed E-state index contributed by atoms with van der Waals surface area (Å²) in [6.07, 6.45) is 2.87. The number of carbonyl (C=O) groups excluding carboxylic acids is 1. The molecule has 2 N–H and O–H groups in total. The van der Waals surface area contributed by atoms with Crippen LogP contribution in [0.5, 0.6) is 5.75 Å². The summed E-state index contributed by atoms with van der Waals surface area (Å²) in [5.74, 6) is -0.820. The number of pyridine rings is 1.